The highest BCUT2D eigenvalue weighted by Crippen LogP contribution is 2.22. The zero-order valence-electron chi connectivity index (χ0n) is 18.8. The molecule has 0 saturated carbocycles. The fourth-order valence-corrected chi connectivity index (χ4v) is 2.68. The van der Waals surface area contributed by atoms with Crippen molar-refractivity contribution in [3.63, 3.8) is 0 Å². The summed E-state index contributed by atoms with van der Waals surface area (Å²) in [5, 5.41) is 12.9. The molecule has 0 aromatic rings. The van der Waals surface area contributed by atoms with Gasteiger partial charge < -0.3 is 10.4 Å². The van der Waals surface area contributed by atoms with Crippen molar-refractivity contribution in [2.75, 3.05) is 0 Å². The second-order valence-electron chi connectivity index (χ2n) is 7.92. The quantitative estimate of drug-likeness (QED) is 0.316. The monoisotopic (exact) mass is 411 g/mol. The van der Waals surface area contributed by atoms with Gasteiger partial charge in [-0.15, -0.1) is 0 Å². The van der Waals surface area contributed by atoms with E-state index in [2.05, 4.69) is 23.7 Å². The van der Waals surface area contributed by atoms with E-state index in [1.165, 1.54) is 12.2 Å². The van der Waals surface area contributed by atoms with Gasteiger partial charge in [-0.25, -0.2) is 4.39 Å². The highest BCUT2D eigenvalue weighted by atomic mass is 19.1. The van der Waals surface area contributed by atoms with Gasteiger partial charge in [0, 0.05) is 22.6 Å². The Bertz CT molecular complexity index is 838. The first kappa shape index (κ1) is 25.4. The number of rotatable bonds is 8. The van der Waals surface area contributed by atoms with Crippen LogP contribution in [-0.4, -0.2) is 22.7 Å². The molecule has 0 aromatic heterocycles. The maximum Gasteiger partial charge on any atom is 0.247 e. The standard InChI is InChI=1S/C26H34FNO2/c1-7-11-22(25(29)28-19(4)26(5,6)30)16-14-20(8-2)15-17-23-18-24(27)13-10-12-21(23)9-3/h8,10,12-14,16,18-19,21,30H,2,7,9,11H2,1,3-6H3,(H,28,29). The highest BCUT2D eigenvalue weighted by Gasteiger charge is 2.24. The summed E-state index contributed by atoms with van der Waals surface area (Å²) in [6.07, 6.45) is 13.9. The van der Waals surface area contributed by atoms with Crippen molar-refractivity contribution in [3.05, 3.63) is 71.7 Å². The van der Waals surface area contributed by atoms with Gasteiger partial charge in [0.1, 0.15) is 5.83 Å². The molecule has 2 N–H and O–H groups in total. The van der Waals surface area contributed by atoms with Gasteiger partial charge >= 0.3 is 0 Å². The molecule has 0 bridgehead atoms. The molecule has 0 saturated heterocycles. The number of hydrogen-bond acceptors (Lipinski definition) is 2. The Balaban J connectivity index is 3.12. The maximum absolute atomic E-state index is 13.8. The van der Waals surface area contributed by atoms with Gasteiger partial charge in [0.05, 0.1) is 11.6 Å². The molecule has 3 nitrogen and oxygen atoms in total. The van der Waals surface area contributed by atoms with E-state index in [-0.39, 0.29) is 17.7 Å². The molecule has 0 spiro atoms. The lowest BCUT2D eigenvalue weighted by Crippen LogP contribution is -2.47. The van der Waals surface area contributed by atoms with Crippen molar-refractivity contribution in [1.82, 2.24) is 5.32 Å². The zero-order chi connectivity index (χ0) is 22.7. The average Bonchev–Trinajstić information content (AvgIpc) is 2.86. The van der Waals surface area contributed by atoms with E-state index in [0.717, 1.165) is 12.8 Å². The molecule has 1 aliphatic carbocycles. The van der Waals surface area contributed by atoms with Gasteiger partial charge in [-0.3, -0.25) is 4.79 Å². The molecule has 0 fully saturated rings. The lowest BCUT2D eigenvalue weighted by atomic mass is 9.96. The molecule has 30 heavy (non-hydrogen) atoms. The molecule has 0 radical (unpaired) electrons. The first-order valence-electron chi connectivity index (χ1n) is 10.5. The fourth-order valence-electron chi connectivity index (χ4n) is 2.68. The second-order valence-corrected chi connectivity index (χ2v) is 7.92. The van der Waals surface area contributed by atoms with E-state index in [4.69, 9.17) is 0 Å². The molecule has 1 amide bonds. The Morgan fingerprint density at radius 1 is 1.40 bits per heavy atom. The summed E-state index contributed by atoms with van der Waals surface area (Å²) in [6.45, 7) is 12.9. The number of hydrogen-bond donors (Lipinski definition) is 2. The SMILES string of the molecule is C=CC(C#CC1=CC(F)=CC=CC1CC)=CC=C(CCC)C(=O)NC(C)C(C)(C)O. The van der Waals surface area contributed by atoms with Crippen LogP contribution in [0, 0.1) is 17.8 Å². The fraction of sp³-hybridized carbons (Fsp3) is 0.423. The number of carbonyl (C=O) groups excluding carboxylic acids is 1. The third-order valence-electron chi connectivity index (χ3n) is 4.98. The van der Waals surface area contributed by atoms with Crippen LogP contribution in [0.4, 0.5) is 4.39 Å². The van der Waals surface area contributed by atoms with Crippen LogP contribution in [-0.2, 0) is 4.79 Å². The highest BCUT2D eigenvalue weighted by molar-refractivity contribution is 5.94. The smallest absolute Gasteiger partial charge is 0.247 e. The lowest BCUT2D eigenvalue weighted by Gasteiger charge is -2.27. The molecule has 4 heteroatoms. The van der Waals surface area contributed by atoms with Crippen LogP contribution in [0.2, 0.25) is 0 Å². The first-order valence-corrected chi connectivity index (χ1v) is 10.5. The number of carbonyl (C=O) groups is 1. The van der Waals surface area contributed by atoms with Gasteiger partial charge in [-0.1, -0.05) is 63.0 Å². The minimum Gasteiger partial charge on any atom is -0.388 e. The van der Waals surface area contributed by atoms with Gasteiger partial charge in [0.15, 0.2) is 0 Å². The topological polar surface area (TPSA) is 49.3 Å². The van der Waals surface area contributed by atoms with Crippen molar-refractivity contribution in [2.24, 2.45) is 5.92 Å². The van der Waals surface area contributed by atoms with E-state index in [1.807, 2.05) is 19.9 Å². The molecule has 2 unspecified atom stereocenters. The van der Waals surface area contributed by atoms with Gasteiger partial charge in [-0.05, 0) is 51.8 Å². The molecular weight excluding hydrogens is 377 g/mol. The summed E-state index contributed by atoms with van der Waals surface area (Å²) in [6, 6.07) is -0.392. The van der Waals surface area contributed by atoms with E-state index < -0.39 is 11.6 Å². The number of allylic oxidation sites excluding steroid dienone is 10. The maximum atomic E-state index is 13.8. The Hall–Kier alpha value is -2.64. The lowest BCUT2D eigenvalue weighted by molar-refractivity contribution is -0.119. The summed E-state index contributed by atoms with van der Waals surface area (Å²) in [7, 11) is 0. The molecule has 0 aromatic carbocycles. The van der Waals surface area contributed by atoms with Crippen LogP contribution >= 0.6 is 0 Å². The minimum atomic E-state index is -1.01. The van der Waals surface area contributed by atoms with Gasteiger partial charge in [-0.2, -0.15) is 0 Å². The first-order chi connectivity index (χ1) is 14.1. The molecule has 1 aliphatic rings. The number of nitrogens with one attached hydrogen (secondary N) is 1. The summed E-state index contributed by atoms with van der Waals surface area (Å²) in [4.78, 5) is 12.6. The molecule has 0 heterocycles. The zero-order valence-corrected chi connectivity index (χ0v) is 18.8. The third kappa shape index (κ3) is 8.39. The van der Waals surface area contributed by atoms with E-state index >= 15 is 0 Å². The Morgan fingerprint density at radius 2 is 2.10 bits per heavy atom. The Labute approximate surface area is 180 Å². The third-order valence-corrected chi connectivity index (χ3v) is 4.98. The van der Waals surface area contributed by atoms with Crippen LogP contribution < -0.4 is 5.32 Å². The molecule has 162 valence electrons. The summed E-state index contributed by atoms with van der Waals surface area (Å²) >= 11 is 0. The summed E-state index contributed by atoms with van der Waals surface area (Å²) in [5.41, 5.74) is 0.940. The number of halogens is 1. The predicted molar refractivity (Wildman–Crippen MR) is 123 cm³/mol. The van der Waals surface area contributed by atoms with E-state index in [1.54, 1.807) is 45.1 Å². The molecular formula is C26H34FNO2. The van der Waals surface area contributed by atoms with Gasteiger partial charge in [0.25, 0.3) is 0 Å². The van der Waals surface area contributed by atoms with Crippen molar-refractivity contribution in [2.45, 2.75) is 65.5 Å². The van der Waals surface area contributed by atoms with Crippen molar-refractivity contribution >= 4 is 5.91 Å². The molecule has 0 aliphatic heterocycles. The van der Waals surface area contributed by atoms with Gasteiger partial charge in [0.2, 0.25) is 5.91 Å². The normalized spacial score (nSPS) is 18.4. The number of aliphatic hydroxyl groups is 1. The molecule has 2 atom stereocenters. The van der Waals surface area contributed by atoms with E-state index in [9.17, 15) is 14.3 Å². The van der Waals surface area contributed by atoms with Crippen molar-refractivity contribution < 1.29 is 14.3 Å². The van der Waals surface area contributed by atoms with Crippen LogP contribution in [0.25, 0.3) is 0 Å². The number of amides is 1. The van der Waals surface area contributed by atoms with Crippen molar-refractivity contribution in [1.29, 1.82) is 0 Å². The van der Waals surface area contributed by atoms with Crippen LogP contribution in [0.15, 0.2) is 71.7 Å². The van der Waals surface area contributed by atoms with Crippen LogP contribution in [0.5, 0.6) is 0 Å². The Morgan fingerprint density at radius 3 is 2.67 bits per heavy atom. The minimum absolute atomic E-state index is 0.0633. The Kier molecular flexibility index (Phi) is 10.3. The second kappa shape index (κ2) is 12.1. The average molecular weight is 412 g/mol. The summed E-state index contributed by atoms with van der Waals surface area (Å²) < 4.78 is 13.8. The molecule has 1 rings (SSSR count). The van der Waals surface area contributed by atoms with Crippen LogP contribution in [0.3, 0.4) is 0 Å². The van der Waals surface area contributed by atoms with E-state index in [0.29, 0.717) is 23.1 Å². The largest absolute Gasteiger partial charge is 0.388 e. The summed E-state index contributed by atoms with van der Waals surface area (Å²) in [5.74, 6) is 5.62. The van der Waals surface area contributed by atoms with Crippen LogP contribution in [0.1, 0.15) is 53.9 Å². The predicted octanol–water partition coefficient (Wildman–Crippen LogP) is 5.48. The van der Waals surface area contributed by atoms with Crippen molar-refractivity contribution in [3.8, 4) is 11.8 Å².